The van der Waals surface area contributed by atoms with Crippen molar-refractivity contribution in [3.63, 3.8) is 0 Å². The summed E-state index contributed by atoms with van der Waals surface area (Å²) >= 11 is 0. The van der Waals surface area contributed by atoms with Gasteiger partial charge >= 0.3 is 5.97 Å². The molecule has 4 rings (SSSR count). The molecule has 0 aliphatic heterocycles. The van der Waals surface area contributed by atoms with E-state index in [9.17, 15) is 4.79 Å². The van der Waals surface area contributed by atoms with Crippen LogP contribution in [0.25, 0.3) is 0 Å². The lowest BCUT2D eigenvalue weighted by molar-refractivity contribution is -0.159. The smallest absolute Gasteiger partial charge is 0.345 e. The van der Waals surface area contributed by atoms with Gasteiger partial charge in [-0.2, -0.15) is 0 Å². The SMILES string of the molecule is Cc1ccc(C(C)(C)OC(=O)COc2ccc([S+](c3ccccc3)c3ccccc3)cc2)cc1. The molecule has 0 saturated carbocycles. The predicted octanol–water partition coefficient (Wildman–Crippen LogP) is 6.95. The first-order chi connectivity index (χ1) is 16.4. The van der Waals surface area contributed by atoms with Crippen molar-refractivity contribution in [3.05, 3.63) is 120 Å². The highest BCUT2D eigenvalue weighted by Crippen LogP contribution is 2.32. The van der Waals surface area contributed by atoms with E-state index >= 15 is 0 Å². The molecule has 0 aromatic heterocycles. The summed E-state index contributed by atoms with van der Waals surface area (Å²) in [6.45, 7) is 5.67. The summed E-state index contributed by atoms with van der Waals surface area (Å²) < 4.78 is 11.4. The molecule has 0 fully saturated rings. The van der Waals surface area contributed by atoms with Gasteiger partial charge in [0.2, 0.25) is 0 Å². The minimum absolute atomic E-state index is 0.141. The van der Waals surface area contributed by atoms with Gasteiger partial charge in [0.1, 0.15) is 11.4 Å². The Balaban J connectivity index is 1.43. The van der Waals surface area contributed by atoms with Gasteiger partial charge in [0, 0.05) is 0 Å². The number of aryl methyl sites for hydroxylation is 1. The highest BCUT2D eigenvalue weighted by molar-refractivity contribution is 7.97. The molecule has 34 heavy (non-hydrogen) atoms. The maximum absolute atomic E-state index is 12.5. The number of esters is 1. The monoisotopic (exact) mass is 469 g/mol. The Bertz CT molecular complexity index is 1160. The molecule has 0 spiro atoms. The van der Waals surface area contributed by atoms with Crippen LogP contribution in [0.1, 0.15) is 25.0 Å². The molecule has 4 aromatic rings. The van der Waals surface area contributed by atoms with Crippen LogP contribution in [0.3, 0.4) is 0 Å². The Morgan fingerprint density at radius 3 is 1.74 bits per heavy atom. The van der Waals surface area contributed by atoms with Crippen LogP contribution in [-0.2, 0) is 26.0 Å². The second kappa shape index (κ2) is 10.6. The van der Waals surface area contributed by atoms with E-state index in [0.717, 1.165) is 5.56 Å². The van der Waals surface area contributed by atoms with Crippen molar-refractivity contribution >= 4 is 16.9 Å². The van der Waals surface area contributed by atoms with E-state index in [4.69, 9.17) is 9.47 Å². The fourth-order valence-electron chi connectivity index (χ4n) is 3.66. The molecule has 0 aliphatic carbocycles. The minimum atomic E-state index is -0.724. The normalized spacial score (nSPS) is 11.3. The molecule has 0 bridgehead atoms. The van der Waals surface area contributed by atoms with Gasteiger partial charge in [0.15, 0.2) is 21.3 Å². The lowest BCUT2D eigenvalue weighted by Gasteiger charge is -2.25. The third-order valence-electron chi connectivity index (χ3n) is 5.49. The molecule has 0 unspecified atom stereocenters. The maximum atomic E-state index is 12.5. The standard InChI is InChI=1S/C30H29O3S/c1-23-14-16-24(17-15-23)30(2,3)33-29(31)22-32-25-18-20-28(21-19-25)34(26-10-6-4-7-11-26)27-12-8-5-9-13-27/h4-21H,22H2,1-3H3/q+1. The topological polar surface area (TPSA) is 35.5 Å². The van der Waals surface area contributed by atoms with Crippen molar-refractivity contribution < 1.29 is 14.3 Å². The van der Waals surface area contributed by atoms with Crippen LogP contribution < -0.4 is 4.74 Å². The van der Waals surface area contributed by atoms with Crippen molar-refractivity contribution in [2.45, 2.75) is 41.1 Å². The van der Waals surface area contributed by atoms with Crippen LogP contribution in [0, 0.1) is 6.92 Å². The lowest BCUT2D eigenvalue weighted by Crippen LogP contribution is -2.28. The first kappa shape index (κ1) is 23.7. The summed E-state index contributed by atoms with van der Waals surface area (Å²) in [6.07, 6.45) is 0. The summed E-state index contributed by atoms with van der Waals surface area (Å²) in [4.78, 5) is 16.2. The fourth-order valence-corrected chi connectivity index (χ4v) is 5.75. The Kier molecular flexibility index (Phi) is 7.39. The number of hydrogen-bond donors (Lipinski definition) is 0. The summed E-state index contributed by atoms with van der Waals surface area (Å²) in [5.74, 6) is 0.237. The number of rotatable bonds is 8. The summed E-state index contributed by atoms with van der Waals surface area (Å²) in [7, 11) is -0.219. The van der Waals surface area contributed by atoms with Crippen LogP contribution in [-0.4, -0.2) is 12.6 Å². The zero-order valence-electron chi connectivity index (χ0n) is 19.7. The van der Waals surface area contributed by atoms with Gasteiger partial charge in [-0.15, -0.1) is 0 Å². The lowest BCUT2D eigenvalue weighted by atomic mass is 9.97. The largest absolute Gasteiger partial charge is 0.482 e. The second-order valence-electron chi connectivity index (χ2n) is 8.54. The van der Waals surface area contributed by atoms with Crippen LogP contribution in [0.4, 0.5) is 0 Å². The molecule has 3 nitrogen and oxygen atoms in total. The van der Waals surface area contributed by atoms with Gasteiger partial charge in [0.25, 0.3) is 0 Å². The Hall–Kier alpha value is -3.50. The molecule has 4 heteroatoms. The zero-order valence-corrected chi connectivity index (χ0v) is 20.5. The number of carbonyl (C=O) groups is 1. The highest BCUT2D eigenvalue weighted by atomic mass is 32.2. The number of carbonyl (C=O) groups excluding carboxylic acids is 1. The van der Waals surface area contributed by atoms with Gasteiger partial charge in [-0.05, 0) is 74.9 Å². The van der Waals surface area contributed by atoms with Crippen LogP contribution >= 0.6 is 0 Å². The van der Waals surface area contributed by atoms with Gasteiger partial charge in [0.05, 0.1) is 10.9 Å². The maximum Gasteiger partial charge on any atom is 0.345 e. The third-order valence-corrected chi connectivity index (χ3v) is 7.72. The molecular weight excluding hydrogens is 440 g/mol. The van der Waals surface area contributed by atoms with Crippen molar-refractivity contribution in [1.82, 2.24) is 0 Å². The van der Waals surface area contributed by atoms with Crippen molar-refractivity contribution in [3.8, 4) is 5.75 Å². The molecule has 0 radical (unpaired) electrons. The van der Waals surface area contributed by atoms with Gasteiger partial charge in [-0.1, -0.05) is 66.2 Å². The molecule has 172 valence electrons. The van der Waals surface area contributed by atoms with Crippen molar-refractivity contribution in [2.75, 3.05) is 6.61 Å². The van der Waals surface area contributed by atoms with Gasteiger partial charge in [-0.3, -0.25) is 0 Å². The molecule has 0 heterocycles. The minimum Gasteiger partial charge on any atom is -0.482 e. The fraction of sp³-hybridized carbons (Fsp3) is 0.167. The van der Waals surface area contributed by atoms with E-state index in [1.54, 1.807) is 0 Å². The predicted molar refractivity (Wildman–Crippen MR) is 137 cm³/mol. The molecule has 0 aliphatic rings. The van der Waals surface area contributed by atoms with E-state index in [2.05, 4.69) is 60.7 Å². The van der Waals surface area contributed by atoms with Crippen LogP contribution in [0.15, 0.2) is 124 Å². The summed E-state index contributed by atoms with van der Waals surface area (Å²) in [5, 5.41) is 0. The zero-order chi connectivity index (χ0) is 24.0. The van der Waals surface area contributed by atoms with Crippen molar-refractivity contribution in [2.24, 2.45) is 0 Å². The van der Waals surface area contributed by atoms with E-state index in [1.807, 2.05) is 69.3 Å². The molecular formula is C30H29O3S+. The van der Waals surface area contributed by atoms with E-state index < -0.39 is 11.6 Å². The summed E-state index contributed by atoms with van der Waals surface area (Å²) in [6, 6.07) is 37.0. The van der Waals surface area contributed by atoms with Crippen molar-refractivity contribution in [1.29, 1.82) is 0 Å². The third kappa shape index (κ3) is 5.89. The van der Waals surface area contributed by atoms with E-state index in [1.165, 1.54) is 20.2 Å². The number of ether oxygens (including phenoxy) is 2. The van der Waals surface area contributed by atoms with E-state index in [-0.39, 0.29) is 17.5 Å². The van der Waals surface area contributed by atoms with Crippen LogP contribution in [0.2, 0.25) is 0 Å². The Morgan fingerprint density at radius 2 is 1.21 bits per heavy atom. The quantitative estimate of drug-likeness (QED) is 0.207. The first-order valence-corrected chi connectivity index (χ1v) is 12.5. The first-order valence-electron chi connectivity index (χ1n) is 11.3. The molecule has 0 N–H and O–H groups in total. The highest BCUT2D eigenvalue weighted by Gasteiger charge is 2.28. The van der Waals surface area contributed by atoms with Gasteiger partial charge < -0.3 is 9.47 Å². The molecule has 0 saturated heterocycles. The van der Waals surface area contributed by atoms with Crippen LogP contribution in [0.5, 0.6) is 5.75 Å². The van der Waals surface area contributed by atoms with Gasteiger partial charge in [-0.25, -0.2) is 4.79 Å². The summed E-state index contributed by atoms with van der Waals surface area (Å²) in [5.41, 5.74) is 1.39. The average molecular weight is 470 g/mol. The van der Waals surface area contributed by atoms with E-state index in [0.29, 0.717) is 5.75 Å². The Labute approximate surface area is 204 Å². The average Bonchev–Trinajstić information content (AvgIpc) is 2.85. The number of benzene rings is 4. The number of hydrogen-bond acceptors (Lipinski definition) is 3. The molecule has 0 atom stereocenters. The molecule has 4 aromatic carbocycles. The second-order valence-corrected chi connectivity index (χ2v) is 10.6. The Morgan fingerprint density at radius 1 is 0.706 bits per heavy atom. The molecule has 0 amide bonds.